The monoisotopic (exact) mass is 691 g/mol. The number of nitrogens with two attached hydrogens (primary N) is 1. The van der Waals surface area contributed by atoms with Crippen LogP contribution in [0.3, 0.4) is 0 Å². The van der Waals surface area contributed by atoms with Crippen molar-refractivity contribution < 1.29 is 41.4 Å². The van der Waals surface area contributed by atoms with E-state index in [-0.39, 0.29) is 11.8 Å². The van der Waals surface area contributed by atoms with Crippen molar-refractivity contribution in [3.63, 3.8) is 0 Å². The molecule has 0 radical (unpaired) electrons. The lowest BCUT2D eigenvalue weighted by Gasteiger charge is -2.30. The third-order valence-electron chi connectivity index (χ3n) is 7.53. The number of carboxylic acids is 1. The molecule has 16 heteroatoms. The van der Waals surface area contributed by atoms with Crippen LogP contribution >= 0.6 is 0 Å². The summed E-state index contributed by atoms with van der Waals surface area (Å²) >= 11 is 0. The Morgan fingerprint density at radius 2 is 1.45 bits per heavy atom. The largest absolute Gasteiger partial charge is 0.508 e. The Kier molecular flexibility index (Phi) is 12.2. The van der Waals surface area contributed by atoms with Gasteiger partial charge in [-0.05, 0) is 72.2 Å². The number of aromatic nitrogens is 3. The second-order valence-electron chi connectivity index (χ2n) is 11.2. The fourth-order valence-electron chi connectivity index (χ4n) is 4.89. The van der Waals surface area contributed by atoms with Crippen molar-refractivity contribution in [2.75, 3.05) is 35.2 Å². The molecule has 6 N–H and O–H groups in total. The highest BCUT2D eigenvalue weighted by atomic mass is 19.4. The van der Waals surface area contributed by atoms with Gasteiger partial charge >= 0.3 is 18.3 Å². The van der Waals surface area contributed by atoms with Gasteiger partial charge in [-0.15, -0.1) is 0 Å². The summed E-state index contributed by atoms with van der Waals surface area (Å²) in [6.07, 6.45) is -6.09. The molecule has 0 unspecified atom stereocenters. The minimum Gasteiger partial charge on any atom is -0.508 e. The minimum atomic E-state index is -5.08. The Morgan fingerprint density at radius 1 is 0.857 bits per heavy atom. The van der Waals surface area contributed by atoms with Crippen molar-refractivity contribution in [2.45, 2.75) is 50.6 Å². The van der Waals surface area contributed by atoms with Crippen molar-refractivity contribution in [1.29, 1.82) is 0 Å². The summed E-state index contributed by atoms with van der Waals surface area (Å²) in [5.41, 5.74) is 8.96. The summed E-state index contributed by atoms with van der Waals surface area (Å²) in [5, 5.41) is 23.2. The lowest BCUT2D eigenvalue weighted by Crippen LogP contribution is -2.40. The fraction of sp³-hybridized carbons (Fsp3) is 0.333. The smallest absolute Gasteiger partial charge is 0.490 e. The number of nitrogens with one attached hydrogen (secondary N) is 2. The molecule has 0 spiro atoms. The molecular weight excluding hydrogens is 656 g/mol. The topological polar surface area (TPSA) is 150 Å². The average molecular weight is 692 g/mol. The van der Waals surface area contributed by atoms with Crippen molar-refractivity contribution in [2.24, 2.45) is 5.73 Å². The number of piperidine rings is 1. The third kappa shape index (κ3) is 11.2. The van der Waals surface area contributed by atoms with Crippen molar-refractivity contribution in [3.8, 4) is 16.9 Å². The first-order valence-electron chi connectivity index (χ1n) is 15.3. The number of anilines is 3. The maximum atomic E-state index is 13.1. The summed E-state index contributed by atoms with van der Waals surface area (Å²) in [6, 6.07) is 20.1. The van der Waals surface area contributed by atoms with Crippen LogP contribution in [0.15, 0.2) is 72.8 Å². The van der Waals surface area contributed by atoms with E-state index in [0.717, 1.165) is 67.6 Å². The first kappa shape index (κ1) is 36.7. The molecule has 0 aliphatic carbocycles. The molecule has 10 nitrogen and oxygen atoms in total. The van der Waals surface area contributed by atoms with Crippen LogP contribution in [0.2, 0.25) is 0 Å². The van der Waals surface area contributed by atoms with Gasteiger partial charge in [0.15, 0.2) is 0 Å². The second-order valence-corrected chi connectivity index (χ2v) is 11.2. The summed E-state index contributed by atoms with van der Waals surface area (Å²) in [4.78, 5) is 25.0. The molecule has 1 aromatic heterocycles. The molecule has 5 rings (SSSR count). The van der Waals surface area contributed by atoms with Crippen LogP contribution in [-0.2, 0) is 23.9 Å². The molecule has 0 amide bonds. The normalized spacial score (nSPS) is 13.7. The zero-order chi connectivity index (χ0) is 35.6. The highest BCUT2D eigenvalue weighted by Gasteiger charge is 2.38. The number of phenolic OH excluding ortho intramolecular Hbond substituents is 1. The number of carboxylic acid groups (broad SMARTS) is 1. The van der Waals surface area contributed by atoms with E-state index in [1.165, 1.54) is 12.1 Å². The van der Waals surface area contributed by atoms with E-state index < -0.39 is 23.9 Å². The number of nitrogens with zero attached hydrogens (tertiary/aromatic N) is 4. The second kappa shape index (κ2) is 16.3. The highest BCUT2D eigenvalue weighted by Crippen LogP contribution is 2.32. The Labute approximate surface area is 278 Å². The van der Waals surface area contributed by atoms with Gasteiger partial charge in [0.2, 0.25) is 17.8 Å². The molecule has 2 heterocycles. The van der Waals surface area contributed by atoms with E-state index in [9.17, 15) is 31.4 Å². The molecule has 1 aliphatic heterocycles. The van der Waals surface area contributed by atoms with Crippen LogP contribution in [0.5, 0.6) is 5.75 Å². The first-order chi connectivity index (χ1) is 23.2. The number of hydrogen-bond donors (Lipinski definition) is 5. The number of hydrogen-bond acceptors (Lipinski definition) is 9. The molecule has 1 aliphatic rings. The number of carbonyl (C=O) groups is 1. The quantitative estimate of drug-likeness (QED) is 0.0924. The van der Waals surface area contributed by atoms with Gasteiger partial charge in [-0.1, -0.05) is 48.5 Å². The van der Waals surface area contributed by atoms with Gasteiger partial charge in [0, 0.05) is 32.2 Å². The van der Waals surface area contributed by atoms with Gasteiger partial charge in [-0.25, -0.2) is 4.79 Å². The Bertz CT molecular complexity index is 1660. The van der Waals surface area contributed by atoms with Gasteiger partial charge in [-0.2, -0.15) is 41.3 Å². The zero-order valence-corrected chi connectivity index (χ0v) is 26.1. The molecule has 1 fully saturated rings. The molecule has 3 aromatic carbocycles. The summed E-state index contributed by atoms with van der Waals surface area (Å²) < 4.78 is 70.9. The zero-order valence-electron chi connectivity index (χ0n) is 26.1. The number of halogens is 6. The molecule has 0 saturated carbocycles. The highest BCUT2D eigenvalue weighted by molar-refractivity contribution is 5.73. The van der Waals surface area contributed by atoms with Crippen LogP contribution in [0.25, 0.3) is 11.1 Å². The molecule has 0 bridgehead atoms. The van der Waals surface area contributed by atoms with E-state index in [2.05, 4.69) is 30.5 Å². The third-order valence-corrected chi connectivity index (χ3v) is 7.53. The van der Waals surface area contributed by atoms with Crippen LogP contribution in [0.4, 0.5) is 44.2 Å². The standard InChI is InChI=1S/C31H34F3N7O.C2HF3O2/c32-31(33,34)24-11-9-22(10-12-24)27-6-2-1-5-23(27)20-37-29-38-28(36-17-3-4-21-7-13-26(42)14-8-21)39-30(40-29)41-18-15-25(35)16-19-41;3-2(4,5)1(6)7/h1-2,5-14,25,42H,3-4,15-20,35H2,(H2,36,37,38,39,40);(H,6,7). The van der Waals surface area contributed by atoms with Gasteiger partial charge in [0.1, 0.15) is 5.75 Å². The Hall–Kier alpha value is -5.12. The lowest BCUT2D eigenvalue weighted by atomic mass is 9.98. The average Bonchev–Trinajstić information content (AvgIpc) is 3.06. The number of phenols is 1. The van der Waals surface area contributed by atoms with Crippen LogP contribution < -0.4 is 21.3 Å². The molecule has 0 atom stereocenters. The van der Waals surface area contributed by atoms with Crippen molar-refractivity contribution in [1.82, 2.24) is 15.0 Å². The first-order valence-corrected chi connectivity index (χ1v) is 15.3. The Morgan fingerprint density at radius 3 is 2.04 bits per heavy atom. The molecule has 49 heavy (non-hydrogen) atoms. The SMILES string of the molecule is NC1CCN(c2nc(NCCCc3ccc(O)cc3)nc(NCc3ccccc3-c3ccc(C(F)(F)F)cc3)n2)CC1.O=C(O)C(F)(F)F. The Balaban J connectivity index is 0.000000698. The van der Waals surface area contributed by atoms with Gasteiger partial charge < -0.3 is 31.5 Å². The molecule has 1 saturated heterocycles. The van der Waals surface area contributed by atoms with E-state index in [4.69, 9.17) is 15.6 Å². The summed E-state index contributed by atoms with van der Waals surface area (Å²) in [6.45, 7) is 2.51. The lowest BCUT2D eigenvalue weighted by molar-refractivity contribution is -0.192. The van der Waals surface area contributed by atoms with Crippen LogP contribution in [0, 0.1) is 0 Å². The van der Waals surface area contributed by atoms with Gasteiger partial charge in [-0.3, -0.25) is 0 Å². The summed E-state index contributed by atoms with van der Waals surface area (Å²) in [5.74, 6) is -1.09. The maximum Gasteiger partial charge on any atom is 0.490 e. The van der Waals surface area contributed by atoms with E-state index in [1.54, 1.807) is 12.1 Å². The minimum absolute atomic E-state index is 0.167. The molecule has 4 aromatic rings. The van der Waals surface area contributed by atoms with Crippen LogP contribution in [0.1, 0.15) is 36.0 Å². The van der Waals surface area contributed by atoms with Gasteiger partial charge in [0.05, 0.1) is 5.56 Å². The predicted molar refractivity (Wildman–Crippen MR) is 172 cm³/mol. The van der Waals surface area contributed by atoms with Crippen molar-refractivity contribution >= 4 is 23.8 Å². The van der Waals surface area contributed by atoms with E-state index >= 15 is 0 Å². The molecule has 262 valence electrons. The number of rotatable bonds is 10. The number of alkyl halides is 6. The number of aliphatic carboxylic acids is 1. The number of aryl methyl sites for hydroxylation is 1. The fourth-order valence-corrected chi connectivity index (χ4v) is 4.89. The van der Waals surface area contributed by atoms with Crippen molar-refractivity contribution in [3.05, 3.63) is 89.5 Å². The van der Waals surface area contributed by atoms with E-state index in [0.29, 0.717) is 36.5 Å². The summed E-state index contributed by atoms with van der Waals surface area (Å²) in [7, 11) is 0. The van der Waals surface area contributed by atoms with E-state index in [1.807, 2.05) is 36.4 Å². The maximum absolute atomic E-state index is 13.1. The van der Waals surface area contributed by atoms with Gasteiger partial charge in [0.25, 0.3) is 0 Å². The number of aromatic hydroxyl groups is 1. The van der Waals surface area contributed by atoms with Crippen LogP contribution in [-0.4, -0.2) is 63.0 Å². The number of benzene rings is 3. The predicted octanol–water partition coefficient (Wildman–Crippen LogP) is 6.48. The molecular formula is C33H35F6N7O3.